The Morgan fingerprint density at radius 1 is 1.23 bits per heavy atom. The lowest BCUT2D eigenvalue weighted by molar-refractivity contribution is -0.121. The smallest absolute Gasteiger partial charge is 0.289 e. The van der Waals surface area contributed by atoms with Crippen LogP contribution in [0.2, 0.25) is 0 Å². The molecule has 2 aromatic rings. The zero-order valence-electron chi connectivity index (χ0n) is 12.4. The molecule has 116 valence electrons. The SMILES string of the molecule is Cc1ccccc1CNC(=O)CN(C)C(=O)c1ccc(Br)o1. The maximum Gasteiger partial charge on any atom is 0.289 e. The van der Waals surface area contributed by atoms with Crippen LogP contribution >= 0.6 is 15.9 Å². The summed E-state index contributed by atoms with van der Waals surface area (Å²) in [7, 11) is 1.56. The molecule has 1 heterocycles. The van der Waals surface area contributed by atoms with Crippen LogP contribution in [0.3, 0.4) is 0 Å². The van der Waals surface area contributed by atoms with Gasteiger partial charge in [0.2, 0.25) is 5.91 Å². The standard InChI is InChI=1S/C16H17BrN2O3/c1-11-5-3-4-6-12(11)9-18-15(20)10-19(2)16(21)13-7-8-14(17)22-13/h3-8H,9-10H2,1-2H3,(H,18,20). The highest BCUT2D eigenvalue weighted by molar-refractivity contribution is 9.10. The first-order valence-electron chi connectivity index (χ1n) is 6.79. The van der Waals surface area contributed by atoms with Gasteiger partial charge >= 0.3 is 0 Å². The third-order valence-corrected chi connectivity index (χ3v) is 3.67. The molecular weight excluding hydrogens is 348 g/mol. The minimum Gasteiger partial charge on any atom is -0.444 e. The molecular formula is C16H17BrN2O3. The van der Waals surface area contributed by atoms with Crippen molar-refractivity contribution in [2.24, 2.45) is 0 Å². The summed E-state index contributed by atoms with van der Waals surface area (Å²) in [6.07, 6.45) is 0. The molecule has 0 radical (unpaired) electrons. The maximum atomic E-state index is 12.1. The molecule has 0 unspecified atom stereocenters. The summed E-state index contributed by atoms with van der Waals surface area (Å²) in [5.41, 5.74) is 2.17. The molecule has 0 spiro atoms. The lowest BCUT2D eigenvalue weighted by Gasteiger charge is -2.15. The van der Waals surface area contributed by atoms with Crippen LogP contribution in [-0.2, 0) is 11.3 Å². The number of aryl methyl sites for hydroxylation is 1. The Bertz CT molecular complexity index is 682. The molecule has 2 amide bonds. The largest absolute Gasteiger partial charge is 0.444 e. The van der Waals surface area contributed by atoms with Crippen molar-refractivity contribution in [3.63, 3.8) is 0 Å². The molecule has 22 heavy (non-hydrogen) atoms. The van der Waals surface area contributed by atoms with Crippen LogP contribution in [0.1, 0.15) is 21.7 Å². The lowest BCUT2D eigenvalue weighted by Crippen LogP contribution is -2.38. The second kappa shape index (κ2) is 7.26. The number of nitrogens with one attached hydrogen (secondary N) is 1. The van der Waals surface area contributed by atoms with Crippen molar-refractivity contribution in [3.8, 4) is 0 Å². The van der Waals surface area contributed by atoms with Crippen LogP contribution < -0.4 is 5.32 Å². The van der Waals surface area contributed by atoms with Crippen molar-refractivity contribution in [1.82, 2.24) is 10.2 Å². The number of hydrogen-bond donors (Lipinski definition) is 1. The fraction of sp³-hybridized carbons (Fsp3) is 0.250. The molecule has 5 nitrogen and oxygen atoms in total. The first-order valence-corrected chi connectivity index (χ1v) is 7.58. The number of furan rings is 1. The number of likely N-dealkylation sites (N-methyl/N-ethyl adjacent to an activating group) is 1. The van der Waals surface area contributed by atoms with Gasteiger partial charge in [0.1, 0.15) is 0 Å². The Morgan fingerprint density at radius 3 is 2.59 bits per heavy atom. The lowest BCUT2D eigenvalue weighted by atomic mass is 10.1. The molecule has 2 rings (SSSR count). The molecule has 6 heteroatoms. The van der Waals surface area contributed by atoms with Gasteiger partial charge in [0, 0.05) is 13.6 Å². The third-order valence-electron chi connectivity index (χ3n) is 3.25. The summed E-state index contributed by atoms with van der Waals surface area (Å²) in [6.45, 7) is 2.41. The summed E-state index contributed by atoms with van der Waals surface area (Å²) < 4.78 is 5.67. The van der Waals surface area contributed by atoms with Crippen molar-refractivity contribution in [2.75, 3.05) is 13.6 Å². The molecule has 0 aliphatic rings. The fourth-order valence-electron chi connectivity index (χ4n) is 1.96. The molecule has 0 bridgehead atoms. The van der Waals surface area contributed by atoms with E-state index in [2.05, 4.69) is 21.2 Å². The van der Waals surface area contributed by atoms with Gasteiger partial charge in [-0.1, -0.05) is 24.3 Å². The Balaban J connectivity index is 1.86. The van der Waals surface area contributed by atoms with Crippen LogP contribution in [0.25, 0.3) is 0 Å². The molecule has 0 fully saturated rings. The Hall–Kier alpha value is -2.08. The number of nitrogens with zero attached hydrogens (tertiary/aromatic N) is 1. The third kappa shape index (κ3) is 4.21. The minimum absolute atomic E-state index is 0.0248. The monoisotopic (exact) mass is 364 g/mol. The first kappa shape index (κ1) is 16.3. The number of halogens is 1. The van der Waals surface area contributed by atoms with Crippen LogP contribution in [0.15, 0.2) is 45.5 Å². The topological polar surface area (TPSA) is 62.6 Å². The summed E-state index contributed by atoms with van der Waals surface area (Å²) in [5, 5.41) is 2.81. The van der Waals surface area contributed by atoms with Gasteiger partial charge in [-0.3, -0.25) is 9.59 Å². The van der Waals surface area contributed by atoms with Crippen LogP contribution in [0.5, 0.6) is 0 Å². The quantitative estimate of drug-likeness (QED) is 0.886. The van der Waals surface area contributed by atoms with E-state index >= 15 is 0 Å². The van der Waals surface area contributed by atoms with E-state index in [9.17, 15) is 9.59 Å². The number of benzene rings is 1. The summed E-state index contributed by atoms with van der Waals surface area (Å²) in [6, 6.07) is 11.0. The van der Waals surface area contributed by atoms with Crippen molar-refractivity contribution >= 4 is 27.7 Å². The average molecular weight is 365 g/mol. The van der Waals surface area contributed by atoms with Gasteiger partial charge in [0.05, 0.1) is 6.54 Å². The number of carbonyl (C=O) groups is 2. The molecule has 0 saturated carbocycles. The maximum absolute atomic E-state index is 12.1. The van der Waals surface area contributed by atoms with E-state index in [-0.39, 0.29) is 24.1 Å². The van der Waals surface area contributed by atoms with Gasteiger partial charge < -0.3 is 14.6 Å². The van der Waals surface area contributed by atoms with Crippen molar-refractivity contribution in [3.05, 3.63) is 58.0 Å². The van der Waals surface area contributed by atoms with Crippen molar-refractivity contribution in [2.45, 2.75) is 13.5 Å². The minimum atomic E-state index is -0.336. The Labute approximate surface area is 137 Å². The fourth-order valence-corrected chi connectivity index (χ4v) is 2.27. The van der Waals surface area contributed by atoms with E-state index < -0.39 is 0 Å². The highest BCUT2D eigenvalue weighted by atomic mass is 79.9. The number of carbonyl (C=O) groups excluding carboxylic acids is 2. The summed E-state index contributed by atoms with van der Waals surface area (Å²) >= 11 is 3.14. The van der Waals surface area contributed by atoms with Gasteiger partial charge in [-0.05, 0) is 46.1 Å². The molecule has 0 aliphatic carbocycles. The van der Waals surface area contributed by atoms with Gasteiger partial charge in [-0.25, -0.2) is 0 Å². The number of rotatable bonds is 5. The number of amides is 2. The molecule has 0 saturated heterocycles. The normalized spacial score (nSPS) is 10.3. The highest BCUT2D eigenvalue weighted by Crippen LogP contribution is 2.15. The predicted octanol–water partition coefficient (Wildman–Crippen LogP) is 2.74. The average Bonchev–Trinajstić information content (AvgIpc) is 2.92. The second-order valence-electron chi connectivity index (χ2n) is 4.97. The number of hydrogen-bond acceptors (Lipinski definition) is 3. The van der Waals surface area contributed by atoms with Crippen LogP contribution in [0, 0.1) is 6.92 Å². The highest BCUT2D eigenvalue weighted by Gasteiger charge is 2.18. The van der Waals surface area contributed by atoms with Gasteiger partial charge in [0.25, 0.3) is 5.91 Å². The molecule has 1 aromatic heterocycles. The van der Waals surface area contributed by atoms with Gasteiger partial charge in [-0.15, -0.1) is 0 Å². The van der Waals surface area contributed by atoms with Gasteiger partial charge in [-0.2, -0.15) is 0 Å². The van der Waals surface area contributed by atoms with Crippen LogP contribution in [-0.4, -0.2) is 30.3 Å². The van der Waals surface area contributed by atoms with Crippen molar-refractivity contribution in [1.29, 1.82) is 0 Å². The van der Waals surface area contributed by atoms with E-state index in [4.69, 9.17) is 4.42 Å². The zero-order chi connectivity index (χ0) is 16.1. The molecule has 1 N–H and O–H groups in total. The Kier molecular flexibility index (Phi) is 5.38. The predicted molar refractivity (Wildman–Crippen MR) is 86.4 cm³/mol. The van der Waals surface area contributed by atoms with Crippen LogP contribution in [0.4, 0.5) is 0 Å². The van der Waals surface area contributed by atoms with Crippen molar-refractivity contribution < 1.29 is 14.0 Å². The van der Waals surface area contributed by atoms with E-state index in [0.717, 1.165) is 11.1 Å². The first-order chi connectivity index (χ1) is 10.5. The second-order valence-corrected chi connectivity index (χ2v) is 5.75. The zero-order valence-corrected chi connectivity index (χ0v) is 14.0. The van der Waals surface area contributed by atoms with E-state index in [1.807, 2.05) is 31.2 Å². The van der Waals surface area contributed by atoms with Gasteiger partial charge in [0.15, 0.2) is 10.4 Å². The Morgan fingerprint density at radius 2 is 1.95 bits per heavy atom. The molecule has 1 aromatic carbocycles. The van der Waals surface area contributed by atoms with E-state index in [1.165, 1.54) is 4.90 Å². The molecule has 0 atom stereocenters. The van der Waals surface area contributed by atoms with E-state index in [0.29, 0.717) is 11.2 Å². The summed E-state index contributed by atoms with van der Waals surface area (Å²) in [5.74, 6) is -0.359. The van der Waals surface area contributed by atoms with E-state index in [1.54, 1.807) is 19.2 Å². The molecule has 0 aliphatic heterocycles. The summed E-state index contributed by atoms with van der Waals surface area (Å²) in [4.78, 5) is 25.3.